The van der Waals surface area contributed by atoms with Gasteiger partial charge in [0.25, 0.3) is 5.91 Å². The zero-order valence-electron chi connectivity index (χ0n) is 27.6. The number of benzene rings is 3. The van der Waals surface area contributed by atoms with Crippen molar-refractivity contribution in [3.63, 3.8) is 0 Å². The fourth-order valence-electron chi connectivity index (χ4n) is 6.46. The van der Waals surface area contributed by atoms with Gasteiger partial charge in [0, 0.05) is 41.7 Å². The number of hydrogen-bond donors (Lipinski definition) is 2. The monoisotopic (exact) mass is 623 g/mol. The number of unbranched alkanes of at least 4 members (excludes halogenated alkanes) is 1. The molecule has 0 unspecified atom stereocenters. The summed E-state index contributed by atoms with van der Waals surface area (Å²) in [5.74, 6) is -0.340. The van der Waals surface area contributed by atoms with Crippen molar-refractivity contribution in [2.24, 2.45) is 5.92 Å². The third-order valence-corrected chi connectivity index (χ3v) is 9.04. The molecule has 2 aliphatic rings. The van der Waals surface area contributed by atoms with Gasteiger partial charge in [-0.15, -0.1) is 0 Å². The highest BCUT2D eigenvalue weighted by Crippen LogP contribution is 2.39. The minimum absolute atomic E-state index is 0.0357. The molecule has 0 fully saturated rings. The Morgan fingerprint density at radius 2 is 1.80 bits per heavy atom. The Morgan fingerprint density at radius 1 is 1.02 bits per heavy atom. The van der Waals surface area contributed by atoms with Crippen molar-refractivity contribution < 1.29 is 23.9 Å². The van der Waals surface area contributed by atoms with Crippen molar-refractivity contribution >= 4 is 34.9 Å². The van der Waals surface area contributed by atoms with E-state index < -0.39 is 12.0 Å². The molecule has 3 atom stereocenters. The van der Waals surface area contributed by atoms with E-state index in [4.69, 9.17) is 4.74 Å². The van der Waals surface area contributed by atoms with Crippen LogP contribution in [0.4, 0.5) is 11.4 Å². The predicted molar refractivity (Wildman–Crippen MR) is 180 cm³/mol. The number of hydrogen-bond acceptors (Lipinski definition) is 5. The summed E-state index contributed by atoms with van der Waals surface area (Å²) >= 11 is 0. The predicted octanol–water partition coefficient (Wildman–Crippen LogP) is 6.63. The SMILES string of the molecule is CCCCC(=O)N[C@@H](C)C(=O)C[C@@H](C)C(=O)Nc1cc(C)cc(COc2cc3c(cc2C)C(=O)N2c4ccccc4C[C@H]2CC3)c1. The number of nitrogens with zero attached hydrogens (tertiary/aromatic N) is 1. The number of anilines is 2. The molecule has 8 heteroatoms. The van der Waals surface area contributed by atoms with E-state index >= 15 is 0 Å². The molecule has 0 spiro atoms. The summed E-state index contributed by atoms with van der Waals surface area (Å²) in [7, 11) is 0. The Kier molecular flexibility index (Phi) is 10.2. The van der Waals surface area contributed by atoms with Gasteiger partial charge in [-0.2, -0.15) is 0 Å². The molecule has 0 aliphatic carbocycles. The topological polar surface area (TPSA) is 105 Å². The molecule has 3 aromatic rings. The molecule has 0 saturated carbocycles. The normalized spacial score (nSPS) is 16.4. The highest BCUT2D eigenvalue weighted by atomic mass is 16.5. The van der Waals surface area contributed by atoms with Gasteiger partial charge >= 0.3 is 0 Å². The summed E-state index contributed by atoms with van der Waals surface area (Å²) < 4.78 is 6.30. The Balaban J connectivity index is 1.21. The van der Waals surface area contributed by atoms with Crippen LogP contribution in [0.1, 0.15) is 91.1 Å². The first-order valence-electron chi connectivity index (χ1n) is 16.4. The molecule has 242 valence electrons. The fourth-order valence-corrected chi connectivity index (χ4v) is 6.46. The summed E-state index contributed by atoms with van der Waals surface area (Å²) in [6.45, 7) is 9.60. The molecule has 0 aromatic heterocycles. The molecule has 5 rings (SSSR count). The minimum Gasteiger partial charge on any atom is -0.489 e. The smallest absolute Gasteiger partial charge is 0.258 e. The maximum atomic E-state index is 13.7. The lowest BCUT2D eigenvalue weighted by Crippen LogP contribution is -2.39. The number of carbonyl (C=O) groups excluding carboxylic acids is 4. The Hall–Kier alpha value is -4.46. The average Bonchev–Trinajstić information content (AvgIpc) is 3.34. The van der Waals surface area contributed by atoms with Crippen LogP contribution in [0.3, 0.4) is 0 Å². The van der Waals surface area contributed by atoms with Crippen LogP contribution >= 0.6 is 0 Å². The van der Waals surface area contributed by atoms with Crippen LogP contribution in [-0.2, 0) is 33.8 Å². The Labute approximate surface area is 271 Å². The molecule has 0 saturated heterocycles. The van der Waals surface area contributed by atoms with Crippen LogP contribution in [0.25, 0.3) is 0 Å². The van der Waals surface area contributed by atoms with Crippen LogP contribution in [0, 0.1) is 19.8 Å². The Bertz CT molecular complexity index is 1650. The number of ether oxygens (including phenoxy) is 1. The van der Waals surface area contributed by atoms with Crippen molar-refractivity contribution in [2.45, 2.75) is 98.3 Å². The van der Waals surface area contributed by atoms with E-state index in [2.05, 4.69) is 16.7 Å². The van der Waals surface area contributed by atoms with E-state index in [1.165, 1.54) is 5.56 Å². The number of nitrogens with one attached hydrogen (secondary N) is 2. The zero-order chi connectivity index (χ0) is 33.0. The second-order valence-corrected chi connectivity index (χ2v) is 12.9. The van der Waals surface area contributed by atoms with E-state index in [-0.39, 0.29) is 36.0 Å². The second kappa shape index (κ2) is 14.3. The number of rotatable bonds is 12. The first kappa shape index (κ1) is 32.9. The first-order chi connectivity index (χ1) is 22.0. The van der Waals surface area contributed by atoms with Crippen LogP contribution < -0.4 is 20.3 Å². The molecule has 0 radical (unpaired) electrons. The standard InChI is InChI=1S/C38H45N3O5/c1-6-7-12-36(43)39-26(5)34(42)18-25(4)37(44)40-30-16-23(2)15-27(19-30)22-46-35-21-28-13-14-31-20-29-10-8-9-11-33(29)41(31)38(45)32(28)17-24(35)3/h8-11,15-17,19,21,25-26,31H,6-7,12-14,18,20,22H2,1-5H3,(H,39,43)(H,40,44)/t25-,26+,31-/m1/s1. The van der Waals surface area contributed by atoms with Crippen LogP contribution in [0.2, 0.25) is 0 Å². The van der Waals surface area contributed by atoms with Gasteiger partial charge in [0.1, 0.15) is 12.4 Å². The molecule has 2 aliphatic heterocycles. The number of fused-ring (bicyclic) bond motifs is 4. The number of ketones is 1. The zero-order valence-corrected chi connectivity index (χ0v) is 27.6. The van der Waals surface area contributed by atoms with E-state index in [1.807, 2.05) is 74.2 Å². The van der Waals surface area contributed by atoms with Crippen molar-refractivity contribution in [3.8, 4) is 5.75 Å². The van der Waals surface area contributed by atoms with Gasteiger partial charge in [-0.3, -0.25) is 19.2 Å². The van der Waals surface area contributed by atoms with Gasteiger partial charge in [-0.05, 0) is 105 Å². The number of carbonyl (C=O) groups is 4. The third-order valence-electron chi connectivity index (χ3n) is 9.04. The van der Waals surface area contributed by atoms with E-state index in [1.54, 1.807) is 13.8 Å². The summed E-state index contributed by atoms with van der Waals surface area (Å²) in [4.78, 5) is 53.4. The number of Topliss-reactive ketones (excluding diaryl/α,β-unsaturated/α-hetero) is 1. The summed E-state index contributed by atoms with van der Waals surface area (Å²) in [5, 5.41) is 5.69. The maximum Gasteiger partial charge on any atom is 0.258 e. The van der Waals surface area contributed by atoms with Gasteiger partial charge < -0.3 is 20.3 Å². The van der Waals surface area contributed by atoms with E-state index in [0.29, 0.717) is 18.7 Å². The van der Waals surface area contributed by atoms with Crippen molar-refractivity contribution in [1.82, 2.24) is 5.32 Å². The molecule has 3 amide bonds. The molecule has 8 nitrogen and oxygen atoms in total. The van der Waals surface area contributed by atoms with Crippen LogP contribution in [-0.4, -0.2) is 35.6 Å². The average molecular weight is 624 g/mol. The largest absolute Gasteiger partial charge is 0.489 e. The number of para-hydroxylation sites is 1. The molecular weight excluding hydrogens is 578 g/mol. The first-order valence-corrected chi connectivity index (χ1v) is 16.4. The summed E-state index contributed by atoms with van der Waals surface area (Å²) in [6, 6.07) is 17.5. The number of amides is 3. The quantitative estimate of drug-likeness (QED) is 0.236. The van der Waals surface area contributed by atoms with E-state index in [9.17, 15) is 19.2 Å². The maximum absolute atomic E-state index is 13.7. The lowest BCUT2D eigenvalue weighted by molar-refractivity contribution is -0.129. The van der Waals surface area contributed by atoms with Gasteiger partial charge in [0.15, 0.2) is 5.78 Å². The lowest BCUT2D eigenvalue weighted by atomic mass is 9.98. The highest BCUT2D eigenvalue weighted by Gasteiger charge is 2.37. The van der Waals surface area contributed by atoms with Crippen molar-refractivity contribution in [1.29, 1.82) is 0 Å². The molecule has 3 aromatic carbocycles. The number of aryl methyl sites for hydroxylation is 3. The molecule has 46 heavy (non-hydrogen) atoms. The lowest BCUT2D eigenvalue weighted by Gasteiger charge is -2.23. The summed E-state index contributed by atoms with van der Waals surface area (Å²) in [6.07, 6.45) is 4.70. The van der Waals surface area contributed by atoms with Gasteiger partial charge in [0.2, 0.25) is 11.8 Å². The molecule has 0 bridgehead atoms. The third kappa shape index (κ3) is 7.49. The van der Waals surface area contributed by atoms with Crippen molar-refractivity contribution in [2.75, 3.05) is 10.2 Å². The van der Waals surface area contributed by atoms with Gasteiger partial charge in [-0.25, -0.2) is 0 Å². The highest BCUT2D eigenvalue weighted by molar-refractivity contribution is 6.09. The van der Waals surface area contributed by atoms with Crippen molar-refractivity contribution in [3.05, 3.63) is 88.0 Å². The molecular formula is C38H45N3O5. The Morgan fingerprint density at radius 3 is 2.59 bits per heavy atom. The molecule has 2 heterocycles. The summed E-state index contributed by atoms with van der Waals surface area (Å²) in [5.41, 5.74) is 7.39. The minimum atomic E-state index is -0.634. The van der Waals surface area contributed by atoms with E-state index in [0.717, 1.165) is 71.4 Å². The fraction of sp³-hybridized carbons (Fsp3) is 0.421. The van der Waals surface area contributed by atoms with Gasteiger partial charge in [0.05, 0.1) is 6.04 Å². The van der Waals surface area contributed by atoms with Crippen LogP contribution in [0.15, 0.2) is 54.6 Å². The second-order valence-electron chi connectivity index (χ2n) is 12.9. The van der Waals surface area contributed by atoms with Crippen LogP contribution in [0.5, 0.6) is 5.75 Å². The molecule has 2 N–H and O–H groups in total. The van der Waals surface area contributed by atoms with Gasteiger partial charge in [-0.1, -0.05) is 44.5 Å².